The average Bonchev–Trinajstić information content (AvgIpc) is 3.46. The minimum atomic E-state index is -0.582. The van der Waals surface area contributed by atoms with Crippen LogP contribution < -0.4 is 15.0 Å². The van der Waals surface area contributed by atoms with E-state index in [1.165, 1.54) is 0 Å². The molecule has 4 fully saturated rings. The van der Waals surface area contributed by atoms with E-state index < -0.39 is 17.4 Å². The van der Waals surface area contributed by atoms with E-state index >= 15 is 4.39 Å². The number of amides is 1. The number of anilines is 1. The summed E-state index contributed by atoms with van der Waals surface area (Å²) in [5, 5.41) is 12.1. The zero-order chi connectivity index (χ0) is 32.6. The highest BCUT2D eigenvalue weighted by molar-refractivity contribution is 6.33. The van der Waals surface area contributed by atoms with Crippen LogP contribution in [0, 0.1) is 11.7 Å². The van der Waals surface area contributed by atoms with Gasteiger partial charge in [-0.15, -0.1) is 0 Å². The van der Waals surface area contributed by atoms with Crippen LogP contribution in [-0.2, 0) is 9.47 Å². The van der Waals surface area contributed by atoms with Crippen molar-refractivity contribution in [1.29, 1.82) is 0 Å². The van der Waals surface area contributed by atoms with Crippen LogP contribution in [0.15, 0.2) is 18.5 Å². The van der Waals surface area contributed by atoms with Crippen LogP contribution in [0.5, 0.6) is 6.01 Å². The third-order valence-electron chi connectivity index (χ3n) is 11.0. The molecule has 0 radical (unpaired) electrons. The smallest absolute Gasteiger partial charge is 0.407 e. The van der Waals surface area contributed by atoms with Gasteiger partial charge in [0.05, 0.1) is 42.5 Å². The van der Waals surface area contributed by atoms with Gasteiger partial charge in [-0.05, 0) is 68.9 Å². The summed E-state index contributed by atoms with van der Waals surface area (Å²) in [5.41, 5.74) is 1.85. The van der Waals surface area contributed by atoms with Gasteiger partial charge in [0.1, 0.15) is 23.6 Å². The maximum Gasteiger partial charge on any atom is 0.407 e. The number of ether oxygens (including phenoxy) is 3. The van der Waals surface area contributed by atoms with Crippen molar-refractivity contribution in [3.05, 3.63) is 34.9 Å². The second kappa shape index (κ2) is 11.7. The Morgan fingerprint density at radius 1 is 1.17 bits per heavy atom. The number of benzene rings is 1. The van der Waals surface area contributed by atoms with Crippen molar-refractivity contribution in [2.45, 2.75) is 69.0 Å². The molecule has 8 heterocycles. The summed E-state index contributed by atoms with van der Waals surface area (Å²) in [7, 11) is 0. The van der Waals surface area contributed by atoms with Gasteiger partial charge in [0.2, 0.25) is 0 Å². The maximum absolute atomic E-state index is 17.2. The molecule has 10 rings (SSSR count). The lowest BCUT2D eigenvalue weighted by Crippen LogP contribution is -2.57. The van der Waals surface area contributed by atoms with Crippen LogP contribution in [0.3, 0.4) is 0 Å². The number of pyridine rings is 1. The van der Waals surface area contributed by atoms with Gasteiger partial charge in [-0.2, -0.15) is 15.1 Å². The summed E-state index contributed by atoms with van der Waals surface area (Å²) in [6.45, 7) is 6.11. The summed E-state index contributed by atoms with van der Waals surface area (Å²) < 4.78 is 34.9. The third-order valence-corrected chi connectivity index (χ3v) is 11.3. The Hall–Kier alpha value is -3.81. The Morgan fingerprint density at radius 3 is 3.00 bits per heavy atom. The van der Waals surface area contributed by atoms with E-state index in [2.05, 4.69) is 25.3 Å². The number of nitrogens with one attached hydrogen (secondary N) is 2. The monoisotopic (exact) mass is 676 g/mol. The van der Waals surface area contributed by atoms with Crippen molar-refractivity contribution >= 4 is 45.3 Å². The molecule has 12 nitrogen and oxygen atoms in total. The average molecular weight is 677 g/mol. The van der Waals surface area contributed by atoms with Crippen molar-refractivity contribution in [3.63, 3.8) is 0 Å². The largest absolute Gasteiger partial charge is 0.462 e. The quantitative estimate of drug-likeness (QED) is 0.299. The van der Waals surface area contributed by atoms with E-state index in [0.29, 0.717) is 66.1 Å². The van der Waals surface area contributed by atoms with E-state index in [-0.39, 0.29) is 41.7 Å². The number of nitrogens with zero attached hydrogens (tertiary/aromatic N) is 6. The Balaban J connectivity index is 1.19. The standard InChI is InChI=1S/C34H38ClFN8O4/c1-34-6-2-7-43(17-34)31-23-13-37-30(28(36)29(23)39-32(40-31)48-16-20-4-3-19-15-46-10-8-44(19)20)27-22-14-38-42-25(22)12-24(35)26(27)21-11-18(21)5-9-47-33(45)41-34/h12-14,18-21H,2-11,15-17H2,1H3,(H,38,42)(H,41,45)/t18-,19+,20+,21+,34+/m0/s1. The van der Waals surface area contributed by atoms with E-state index in [1.807, 2.05) is 13.0 Å². The number of carbonyl (C=O) groups excluding carboxylic acids is 1. The normalized spacial score (nSPS) is 28.9. The Morgan fingerprint density at radius 2 is 2.08 bits per heavy atom. The van der Waals surface area contributed by atoms with Gasteiger partial charge in [-0.25, -0.2) is 9.18 Å². The Labute approximate surface area is 281 Å². The number of carbonyl (C=O) groups is 1. The third kappa shape index (κ3) is 5.21. The number of piperidine rings is 1. The van der Waals surface area contributed by atoms with Crippen molar-refractivity contribution in [1.82, 2.24) is 35.4 Å². The number of fused-ring (bicyclic) bond motifs is 7. The molecule has 5 aliphatic heterocycles. The highest BCUT2D eigenvalue weighted by Gasteiger charge is 2.43. The molecule has 1 aliphatic carbocycles. The first-order valence-electron chi connectivity index (χ1n) is 17.0. The number of hydrogen-bond donors (Lipinski definition) is 2. The van der Waals surface area contributed by atoms with Crippen LogP contribution >= 0.6 is 11.6 Å². The van der Waals surface area contributed by atoms with E-state index in [0.717, 1.165) is 56.2 Å². The molecule has 48 heavy (non-hydrogen) atoms. The van der Waals surface area contributed by atoms with Crippen molar-refractivity contribution < 1.29 is 23.4 Å². The topological polar surface area (TPSA) is 131 Å². The number of aromatic nitrogens is 5. The predicted octanol–water partition coefficient (Wildman–Crippen LogP) is 5.19. The molecule has 1 saturated carbocycles. The molecule has 6 bridgehead atoms. The minimum absolute atomic E-state index is 0.0594. The van der Waals surface area contributed by atoms with Crippen molar-refractivity contribution in [3.8, 4) is 17.3 Å². The number of rotatable bonds is 3. The van der Waals surface area contributed by atoms with Crippen LogP contribution in [0.1, 0.15) is 56.9 Å². The molecule has 4 aromatic rings. The molecule has 3 aromatic heterocycles. The Kier molecular flexibility index (Phi) is 7.35. The predicted molar refractivity (Wildman–Crippen MR) is 177 cm³/mol. The van der Waals surface area contributed by atoms with Crippen LogP contribution in [0.25, 0.3) is 33.1 Å². The number of H-pyrrole nitrogens is 1. The highest BCUT2D eigenvalue weighted by Crippen LogP contribution is 2.55. The zero-order valence-corrected chi connectivity index (χ0v) is 27.6. The highest BCUT2D eigenvalue weighted by atomic mass is 35.5. The first-order chi connectivity index (χ1) is 23.3. The number of alkyl carbamates (subject to hydrolysis) is 1. The van der Waals surface area contributed by atoms with Gasteiger partial charge in [0.15, 0.2) is 5.82 Å². The molecule has 3 saturated heterocycles. The lowest BCUT2D eigenvalue weighted by molar-refractivity contribution is -0.0101. The molecule has 0 spiro atoms. The molecule has 6 aliphatic rings. The molecule has 2 N–H and O–H groups in total. The SMILES string of the molecule is C[C@@]12CCCN(C1)c1nc(OC[C@H]3CC[C@@H]4COCCN43)nc3c(F)c(ncc13)-c1c(c(Cl)cc3[nH]ncc13)[C@@H]1C[C@@H]1CCOC(=O)N2. The van der Waals surface area contributed by atoms with Crippen molar-refractivity contribution in [2.75, 3.05) is 51.0 Å². The summed E-state index contributed by atoms with van der Waals surface area (Å²) in [6.07, 6.45) is 8.04. The molecule has 14 heteroatoms. The molecule has 0 unspecified atom stereocenters. The molecule has 1 aromatic carbocycles. The lowest BCUT2D eigenvalue weighted by Gasteiger charge is -2.41. The number of hydrogen-bond acceptors (Lipinski definition) is 10. The minimum Gasteiger partial charge on any atom is -0.462 e. The fraction of sp³-hybridized carbons (Fsp3) is 0.559. The molecule has 1 amide bonds. The van der Waals surface area contributed by atoms with Crippen LogP contribution in [-0.4, -0.2) is 99.8 Å². The summed E-state index contributed by atoms with van der Waals surface area (Å²) in [4.78, 5) is 31.9. The first kappa shape index (κ1) is 30.3. The molecule has 5 atom stereocenters. The second-order valence-corrected chi connectivity index (χ2v) is 14.6. The molecule has 252 valence electrons. The summed E-state index contributed by atoms with van der Waals surface area (Å²) in [5.74, 6) is 0.258. The van der Waals surface area contributed by atoms with Crippen LogP contribution in [0.2, 0.25) is 5.02 Å². The second-order valence-electron chi connectivity index (χ2n) is 14.2. The maximum atomic E-state index is 17.2. The first-order valence-corrected chi connectivity index (χ1v) is 17.4. The van der Waals surface area contributed by atoms with Gasteiger partial charge in [-0.1, -0.05) is 11.6 Å². The number of aromatic amines is 1. The molecular weight excluding hydrogens is 639 g/mol. The number of morpholine rings is 1. The lowest BCUT2D eigenvalue weighted by atomic mass is 9.91. The van der Waals surface area contributed by atoms with Crippen LogP contribution in [0.4, 0.5) is 15.0 Å². The summed E-state index contributed by atoms with van der Waals surface area (Å²) in [6, 6.07) is 2.55. The fourth-order valence-corrected chi connectivity index (χ4v) is 8.86. The van der Waals surface area contributed by atoms with Crippen molar-refractivity contribution in [2.24, 2.45) is 5.92 Å². The van der Waals surface area contributed by atoms with Gasteiger partial charge in [0, 0.05) is 53.9 Å². The van der Waals surface area contributed by atoms with E-state index in [1.54, 1.807) is 12.4 Å². The Bertz CT molecular complexity index is 1930. The van der Waals surface area contributed by atoms with E-state index in [9.17, 15) is 4.79 Å². The summed E-state index contributed by atoms with van der Waals surface area (Å²) >= 11 is 6.94. The van der Waals surface area contributed by atoms with Gasteiger partial charge in [-0.3, -0.25) is 15.0 Å². The van der Waals surface area contributed by atoms with Gasteiger partial charge in [0.25, 0.3) is 0 Å². The van der Waals surface area contributed by atoms with Gasteiger partial charge < -0.3 is 24.4 Å². The van der Waals surface area contributed by atoms with E-state index in [4.69, 9.17) is 40.8 Å². The van der Waals surface area contributed by atoms with Gasteiger partial charge >= 0.3 is 12.1 Å². The number of halogens is 2. The zero-order valence-electron chi connectivity index (χ0n) is 26.8. The fourth-order valence-electron chi connectivity index (χ4n) is 8.52. The molecular formula is C34H38ClFN8O4.